The van der Waals surface area contributed by atoms with Gasteiger partial charge in [-0.2, -0.15) is 0 Å². The van der Waals surface area contributed by atoms with Crippen LogP contribution in [0.3, 0.4) is 0 Å². The van der Waals surface area contributed by atoms with Crippen molar-refractivity contribution in [3.63, 3.8) is 0 Å². The molecule has 0 bridgehead atoms. The van der Waals surface area contributed by atoms with E-state index in [1.165, 1.54) is 11.0 Å². The second-order valence-electron chi connectivity index (χ2n) is 5.47. The average molecular weight is 391 g/mol. The molecular weight excluding hydrogens is 379 g/mol. The minimum absolute atomic E-state index is 0.0347. The van der Waals surface area contributed by atoms with Crippen molar-refractivity contribution < 1.29 is 9.59 Å². The highest BCUT2D eigenvalue weighted by Crippen LogP contribution is 2.26. The van der Waals surface area contributed by atoms with Crippen molar-refractivity contribution in [3.8, 4) is 0 Å². The van der Waals surface area contributed by atoms with Gasteiger partial charge in [0.15, 0.2) is 5.11 Å². The van der Waals surface area contributed by atoms with Crippen LogP contribution in [0.4, 0.5) is 5.69 Å². The van der Waals surface area contributed by atoms with Gasteiger partial charge >= 0.3 is 0 Å². The normalized spacial score (nSPS) is 16.4. The van der Waals surface area contributed by atoms with Crippen LogP contribution in [0, 0.1) is 6.92 Å². The highest BCUT2D eigenvalue weighted by molar-refractivity contribution is 7.80. The van der Waals surface area contributed by atoms with Crippen LogP contribution in [0.1, 0.15) is 11.1 Å². The summed E-state index contributed by atoms with van der Waals surface area (Å²) in [7, 11) is 0. The van der Waals surface area contributed by atoms with Crippen LogP contribution in [0.5, 0.6) is 0 Å². The van der Waals surface area contributed by atoms with Crippen molar-refractivity contribution in [2.24, 2.45) is 0 Å². The molecule has 0 atom stereocenters. The Labute approximate surface area is 160 Å². The number of anilines is 1. The first-order valence-electron chi connectivity index (χ1n) is 7.30. The van der Waals surface area contributed by atoms with Gasteiger partial charge in [-0.15, -0.1) is 0 Å². The molecule has 7 heteroatoms. The fourth-order valence-electron chi connectivity index (χ4n) is 2.35. The topological polar surface area (TPSA) is 49.4 Å². The molecule has 4 nitrogen and oxygen atoms in total. The van der Waals surface area contributed by atoms with Gasteiger partial charge < -0.3 is 0 Å². The van der Waals surface area contributed by atoms with Crippen LogP contribution < -0.4 is 10.2 Å². The monoisotopic (exact) mass is 390 g/mol. The van der Waals surface area contributed by atoms with Crippen LogP contribution in [-0.2, 0) is 9.59 Å². The predicted molar refractivity (Wildman–Crippen MR) is 104 cm³/mol. The van der Waals surface area contributed by atoms with Crippen LogP contribution in [0.2, 0.25) is 10.0 Å². The Kier molecular flexibility index (Phi) is 4.90. The number of carbonyl (C=O) groups is 2. The van der Waals surface area contributed by atoms with Crippen LogP contribution in [0.15, 0.2) is 48.0 Å². The Morgan fingerprint density at radius 2 is 1.72 bits per heavy atom. The number of hydrogen-bond acceptors (Lipinski definition) is 3. The van der Waals surface area contributed by atoms with Gasteiger partial charge in [-0.3, -0.25) is 19.8 Å². The van der Waals surface area contributed by atoms with Gasteiger partial charge in [-0.25, -0.2) is 0 Å². The molecule has 0 saturated carbocycles. The van der Waals surface area contributed by atoms with Crippen molar-refractivity contribution in [2.45, 2.75) is 6.92 Å². The lowest BCUT2D eigenvalue weighted by Crippen LogP contribution is -2.54. The summed E-state index contributed by atoms with van der Waals surface area (Å²) in [5.74, 6) is -1.05. The number of thiocarbonyl (C=S) groups is 1. The number of halogens is 2. The molecule has 2 amide bonds. The molecule has 1 N–H and O–H groups in total. The zero-order chi connectivity index (χ0) is 18.1. The van der Waals surface area contributed by atoms with E-state index in [2.05, 4.69) is 5.32 Å². The lowest BCUT2D eigenvalue weighted by Gasteiger charge is -2.29. The summed E-state index contributed by atoms with van der Waals surface area (Å²) >= 11 is 17.0. The van der Waals surface area contributed by atoms with E-state index < -0.39 is 11.8 Å². The number of rotatable bonds is 2. The number of hydrogen-bond donors (Lipinski definition) is 1. The van der Waals surface area contributed by atoms with Gasteiger partial charge in [0.2, 0.25) is 0 Å². The van der Waals surface area contributed by atoms with Gasteiger partial charge in [0.1, 0.15) is 5.57 Å². The third-order valence-electron chi connectivity index (χ3n) is 3.65. The second-order valence-corrected chi connectivity index (χ2v) is 6.67. The van der Waals surface area contributed by atoms with E-state index in [0.717, 1.165) is 5.56 Å². The highest BCUT2D eigenvalue weighted by Gasteiger charge is 2.34. The van der Waals surface area contributed by atoms with Crippen molar-refractivity contribution in [1.82, 2.24) is 5.32 Å². The number of aryl methyl sites for hydroxylation is 1. The summed E-state index contributed by atoms with van der Waals surface area (Å²) in [6.07, 6.45) is 1.46. The number of carbonyl (C=O) groups excluding carboxylic acids is 2. The van der Waals surface area contributed by atoms with Crippen LogP contribution in [-0.4, -0.2) is 16.9 Å². The van der Waals surface area contributed by atoms with Crippen molar-refractivity contribution >= 4 is 64.1 Å². The predicted octanol–water partition coefficient (Wildman–Crippen LogP) is 4.13. The first kappa shape index (κ1) is 17.6. The molecular formula is C18H12Cl2N2O2S. The van der Waals surface area contributed by atoms with Gasteiger partial charge in [0.05, 0.1) is 15.7 Å². The number of benzene rings is 2. The van der Waals surface area contributed by atoms with Crippen molar-refractivity contribution in [2.75, 3.05) is 4.90 Å². The summed E-state index contributed by atoms with van der Waals surface area (Å²) in [5, 5.41) is 3.32. The lowest BCUT2D eigenvalue weighted by atomic mass is 10.1. The molecule has 0 spiro atoms. The third-order valence-corrected chi connectivity index (χ3v) is 4.67. The Hall–Kier alpha value is -2.21. The molecule has 0 aromatic heterocycles. The molecule has 0 aliphatic carbocycles. The first-order valence-corrected chi connectivity index (χ1v) is 8.46. The van der Waals surface area contributed by atoms with E-state index in [9.17, 15) is 9.59 Å². The second kappa shape index (κ2) is 6.96. The fraction of sp³-hybridized carbons (Fsp3) is 0.0556. The lowest BCUT2D eigenvalue weighted by molar-refractivity contribution is -0.122. The number of nitrogens with zero attached hydrogens (tertiary/aromatic N) is 1. The zero-order valence-electron chi connectivity index (χ0n) is 13.0. The minimum Gasteiger partial charge on any atom is -0.298 e. The molecule has 2 aromatic rings. The van der Waals surface area contributed by atoms with Crippen LogP contribution in [0.25, 0.3) is 6.08 Å². The first-order chi connectivity index (χ1) is 11.9. The van der Waals surface area contributed by atoms with Crippen molar-refractivity contribution in [1.29, 1.82) is 0 Å². The van der Waals surface area contributed by atoms with Gasteiger partial charge in [0, 0.05) is 0 Å². The Morgan fingerprint density at radius 3 is 2.36 bits per heavy atom. The largest absolute Gasteiger partial charge is 0.298 e. The molecule has 1 fully saturated rings. The maximum atomic E-state index is 12.8. The smallest absolute Gasteiger partial charge is 0.270 e. The van der Waals surface area contributed by atoms with Gasteiger partial charge in [-0.1, -0.05) is 47.0 Å². The summed E-state index contributed by atoms with van der Waals surface area (Å²) in [6, 6.07) is 12.1. The molecule has 25 heavy (non-hydrogen) atoms. The van der Waals surface area contributed by atoms with Gasteiger partial charge in [-0.05, 0) is 55.0 Å². The Bertz CT molecular complexity index is 923. The highest BCUT2D eigenvalue weighted by atomic mass is 35.5. The summed E-state index contributed by atoms with van der Waals surface area (Å²) in [6.45, 7) is 1.94. The minimum atomic E-state index is -0.551. The molecule has 0 unspecified atom stereocenters. The van der Waals surface area contributed by atoms with Crippen molar-refractivity contribution in [3.05, 3.63) is 69.2 Å². The molecule has 126 valence electrons. The van der Waals surface area contributed by atoms with E-state index in [0.29, 0.717) is 21.3 Å². The van der Waals surface area contributed by atoms with E-state index in [1.807, 2.05) is 19.1 Å². The summed E-state index contributed by atoms with van der Waals surface area (Å²) in [5.41, 5.74) is 2.19. The molecule has 1 saturated heterocycles. The quantitative estimate of drug-likeness (QED) is 0.476. The van der Waals surface area contributed by atoms with E-state index in [-0.39, 0.29) is 10.7 Å². The van der Waals surface area contributed by atoms with E-state index >= 15 is 0 Å². The summed E-state index contributed by atoms with van der Waals surface area (Å²) < 4.78 is 0. The molecule has 0 radical (unpaired) electrons. The fourth-order valence-corrected chi connectivity index (χ4v) is 2.94. The number of amides is 2. The Balaban J connectivity index is 2.01. The van der Waals surface area contributed by atoms with E-state index in [1.54, 1.807) is 30.3 Å². The van der Waals surface area contributed by atoms with E-state index in [4.69, 9.17) is 35.4 Å². The summed E-state index contributed by atoms with van der Waals surface area (Å²) in [4.78, 5) is 26.4. The maximum Gasteiger partial charge on any atom is 0.270 e. The third kappa shape index (κ3) is 3.58. The molecule has 1 heterocycles. The molecule has 1 aliphatic rings. The number of nitrogens with one attached hydrogen (secondary N) is 1. The average Bonchev–Trinajstić information content (AvgIpc) is 2.56. The molecule has 2 aromatic carbocycles. The molecule has 1 aliphatic heterocycles. The molecule has 3 rings (SSSR count). The van der Waals surface area contributed by atoms with Crippen LogP contribution >= 0.6 is 35.4 Å². The zero-order valence-corrected chi connectivity index (χ0v) is 15.4. The standard InChI is InChI=1S/C18H12Cl2N2O2S/c1-10-2-5-12(6-3-10)22-17(24)13(16(23)21-18(22)25)8-11-4-7-14(19)15(20)9-11/h2-9H,1H3,(H,21,23,25). The maximum absolute atomic E-state index is 12.8. The van der Waals surface area contributed by atoms with Gasteiger partial charge in [0.25, 0.3) is 11.8 Å². The SMILES string of the molecule is Cc1ccc(N2C(=O)C(=Cc3ccc(Cl)c(Cl)c3)C(=O)NC2=S)cc1. The Morgan fingerprint density at radius 1 is 1.04 bits per heavy atom.